The molecule has 0 amide bonds. The van der Waals surface area contributed by atoms with Crippen LogP contribution in [0, 0.1) is 0 Å². The Kier molecular flexibility index (Phi) is 9.99. The molecule has 0 spiro atoms. The van der Waals surface area contributed by atoms with Gasteiger partial charge in [0, 0.05) is 6.54 Å². The van der Waals surface area contributed by atoms with Gasteiger partial charge in [-0.25, -0.2) is 4.98 Å². The molecule has 0 bridgehead atoms. The van der Waals surface area contributed by atoms with Crippen LogP contribution in [0.2, 0.25) is 0 Å². The van der Waals surface area contributed by atoms with Gasteiger partial charge in [-0.2, -0.15) is 4.98 Å². The van der Waals surface area contributed by atoms with Gasteiger partial charge in [-0.3, -0.25) is 9.78 Å². The van der Waals surface area contributed by atoms with E-state index in [0.717, 1.165) is 19.4 Å². The van der Waals surface area contributed by atoms with Crippen LogP contribution < -0.4 is 10.9 Å². The van der Waals surface area contributed by atoms with E-state index in [0.29, 0.717) is 11.6 Å². The molecule has 1 atom stereocenters. The lowest BCUT2D eigenvalue weighted by Crippen LogP contribution is -2.20. The van der Waals surface area contributed by atoms with Crippen molar-refractivity contribution >= 4 is 17.1 Å². The predicted molar refractivity (Wildman–Crippen MR) is 112 cm³/mol. The Hall–Kier alpha value is -1.93. The molecule has 2 heterocycles. The number of unbranched alkanes of at least 4 members (excludes halogenated alkanes) is 9. The number of aromatic nitrogens is 4. The van der Waals surface area contributed by atoms with Gasteiger partial charge in [0.05, 0.1) is 25.6 Å². The molecule has 8 heteroatoms. The first-order valence-corrected chi connectivity index (χ1v) is 10.6. The summed E-state index contributed by atoms with van der Waals surface area (Å²) in [4.78, 5) is 23.3. The second kappa shape index (κ2) is 12.5. The van der Waals surface area contributed by atoms with Gasteiger partial charge < -0.3 is 20.1 Å². The fourth-order valence-corrected chi connectivity index (χ4v) is 3.28. The maximum absolute atomic E-state index is 12.1. The molecule has 28 heavy (non-hydrogen) atoms. The highest BCUT2D eigenvalue weighted by Crippen LogP contribution is 2.11. The smallest absolute Gasteiger partial charge is 0.280 e. The van der Waals surface area contributed by atoms with Gasteiger partial charge in [0.1, 0.15) is 0 Å². The number of hydrogen-bond donors (Lipinski definition) is 4. The van der Waals surface area contributed by atoms with Crippen LogP contribution in [-0.4, -0.2) is 49.0 Å². The fraction of sp³-hybridized carbons (Fsp3) is 0.750. The Morgan fingerprint density at radius 2 is 1.75 bits per heavy atom. The predicted octanol–water partition coefficient (Wildman–Crippen LogP) is 2.81. The zero-order valence-electron chi connectivity index (χ0n) is 17.0. The largest absolute Gasteiger partial charge is 0.394 e. The topological polar surface area (TPSA) is 116 Å². The van der Waals surface area contributed by atoms with Crippen molar-refractivity contribution in [1.82, 2.24) is 19.5 Å². The highest BCUT2D eigenvalue weighted by molar-refractivity contribution is 5.70. The number of hydrogen-bond acceptors (Lipinski definition) is 6. The van der Waals surface area contributed by atoms with Crippen molar-refractivity contribution in [2.24, 2.45) is 0 Å². The highest BCUT2D eigenvalue weighted by Gasteiger charge is 2.12. The molecule has 8 nitrogen and oxygen atoms in total. The van der Waals surface area contributed by atoms with Gasteiger partial charge >= 0.3 is 0 Å². The van der Waals surface area contributed by atoms with E-state index in [1.54, 1.807) is 4.57 Å². The lowest BCUT2D eigenvalue weighted by Gasteiger charge is -2.09. The first-order valence-electron chi connectivity index (χ1n) is 10.6. The van der Waals surface area contributed by atoms with E-state index in [1.807, 2.05) is 0 Å². The second-order valence-electron chi connectivity index (χ2n) is 7.43. The molecule has 158 valence electrons. The van der Waals surface area contributed by atoms with Gasteiger partial charge in [-0.15, -0.1) is 0 Å². The Morgan fingerprint density at radius 3 is 2.39 bits per heavy atom. The minimum Gasteiger partial charge on any atom is -0.394 e. The SMILES string of the molecule is CCCCCCCCCCCCNc1nc2c(ncn2CC(O)CO)c(=O)[nH]1. The molecule has 2 aromatic rings. The summed E-state index contributed by atoms with van der Waals surface area (Å²) < 4.78 is 1.58. The number of nitrogens with zero attached hydrogens (tertiary/aromatic N) is 3. The summed E-state index contributed by atoms with van der Waals surface area (Å²) in [5.74, 6) is 0.411. The number of anilines is 1. The van der Waals surface area contributed by atoms with Crippen molar-refractivity contribution in [3.63, 3.8) is 0 Å². The Bertz CT molecular complexity index is 743. The summed E-state index contributed by atoms with van der Waals surface area (Å²) >= 11 is 0. The summed E-state index contributed by atoms with van der Waals surface area (Å²) in [5, 5.41) is 21.8. The molecule has 2 rings (SSSR count). The fourth-order valence-electron chi connectivity index (χ4n) is 3.28. The van der Waals surface area contributed by atoms with E-state index >= 15 is 0 Å². The van der Waals surface area contributed by atoms with Crippen molar-refractivity contribution in [2.45, 2.75) is 83.8 Å². The maximum Gasteiger partial charge on any atom is 0.280 e. The average molecular weight is 394 g/mol. The number of nitrogens with one attached hydrogen (secondary N) is 2. The number of H-pyrrole nitrogens is 1. The third kappa shape index (κ3) is 7.24. The lowest BCUT2D eigenvalue weighted by molar-refractivity contribution is 0.0820. The van der Waals surface area contributed by atoms with Crippen LogP contribution in [0.3, 0.4) is 0 Å². The molecule has 0 aliphatic rings. The summed E-state index contributed by atoms with van der Waals surface area (Å²) in [6, 6.07) is 0. The van der Waals surface area contributed by atoms with E-state index in [9.17, 15) is 9.90 Å². The monoisotopic (exact) mass is 393 g/mol. The number of imidazole rings is 1. The van der Waals surface area contributed by atoms with Gasteiger partial charge in [-0.05, 0) is 6.42 Å². The van der Waals surface area contributed by atoms with E-state index in [1.165, 1.54) is 57.7 Å². The molecule has 0 radical (unpaired) electrons. The van der Waals surface area contributed by atoms with Crippen LogP contribution >= 0.6 is 0 Å². The summed E-state index contributed by atoms with van der Waals surface area (Å²) in [6.07, 6.45) is 13.3. The molecule has 0 aromatic carbocycles. The number of fused-ring (bicyclic) bond motifs is 1. The molecule has 2 aromatic heterocycles. The molecule has 0 aliphatic heterocycles. The van der Waals surface area contributed by atoms with Crippen molar-refractivity contribution in [1.29, 1.82) is 0 Å². The number of aromatic amines is 1. The molecular weight excluding hydrogens is 358 g/mol. The van der Waals surface area contributed by atoms with Gasteiger partial charge in [0.25, 0.3) is 5.56 Å². The van der Waals surface area contributed by atoms with Crippen LogP contribution in [0.1, 0.15) is 71.1 Å². The molecule has 4 N–H and O–H groups in total. The van der Waals surface area contributed by atoms with Crippen LogP contribution in [0.5, 0.6) is 0 Å². The van der Waals surface area contributed by atoms with Crippen LogP contribution in [0.25, 0.3) is 11.2 Å². The lowest BCUT2D eigenvalue weighted by atomic mass is 10.1. The maximum atomic E-state index is 12.1. The van der Waals surface area contributed by atoms with E-state index in [-0.39, 0.29) is 24.2 Å². The van der Waals surface area contributed by atoms with E-state index < -0.39 is 6.10 Å². The first-order chi connectivity index (χ1) is 13.7. The van der Waals surface area contributed by atoms with E-state index in [2.05, 4.69) is 27.2 Å². The minimum absolute atomic E-state index is 0.140. The zero-order valence-corrected chi connectivity index (χ0v) is 17.0. The van der Waals surface area contributed by atoms with Crippen molar-refractivity contribution in [3.8, 4) is 0 Å². The quantitative estimate of drug-likeness (QED) is 0.346. The number of aliphatic hydroxyl groups is 2. The molecule has 1 unspecified atom stereocenters. The Morgan fingerprint density at radius 1 is 1.11 bits per heavy atom. The molecule has 0 fully saturated rings. The highest BCUT2D eigenvalue weighted by atomic mass is 16.3. The third-order valence-electron chi connectivity index (χ3n) is 4.92. The Labute approximate surface area is 166 Å². The minimum atomic E-state index is -0.915. The summed E-state index contributed by atoms with van der Waals surface area (Å²) in [7, 11) is 0. The van der Waals surface area contributed by atoms with Crippen LogP contribution in [0.15, 0.2) is 11.1 Å². The molecule has 0 saturated heterocycles. The van der Waals surface area contributed by atoms with E-state index in [4.69, 9.17) is 5.11 Å². The summed E-state index contributed by atoms with van der Waals surface area (Å²) in [6.45, 7) is 2.78. The van der Waals surface area contributed by atoms with Gasteiger partial charge in [0.15, 0.2) is 11.2 Å². The van der Waals surface area contributed by atoms with Crippen LogP contribution in [-0.2, 0) is 6.54 Å². The molecule has 0 aliphatic carbocycles. The van der Waals surface area contributed by atoms with Gasteiger partial charge in [0.2, 0.25) is 5.95 Å². The first kappa shape index (κ1) is 22.4. The summed E-state index contributed by atoms with van der Waals surface area (Å²) in [5.41, 5.74) is 0.323. The molecule has 0 saturated carbocycles. The number of rotatable bonds is 15. The standard InChI is InChI=1S/C20H35N5O3/c1-2-3-4-5-6-7-8-9-10-11-12-21-20-23-18-17(19(28)24-20)22-15-25(18)13-16(27)14-26/h15-16,26-27H,2-14H2,1H3,(H2,21,23,24,28). The average Bonchev–Trinajstić information content (AvgIpc) is 3.09. The van der Waals surface area contributed by atoms with Crippen molar-refractivity contribution in [3.05, 3.63) is 16.7 Å². The normalized spacial score (nSPS) is 12.5. The van der Waals surface area contributed by atoms with Gasteiger partial charge in [-0.1, -0.05) is 64.7 Å². The van der Waals surface area contributed by atoms with Crippen molar-refractivity contribution < 1.29 is 10.2 Å². The molecular formula is C20H35N5O3. The number of aliphatic hydroxyl groups excluding tert-OH is 2. The third-order valence-corrected chi connectivity index (χ3v) is 4.92. The second-order valence-corrected chi connectivity index (χ2v) is 7.43. The Balaban J connectivity index is 1.71. The zero-order chi connectivity index (χ0) is 20.2. The van der Waals surface area contributed by atoms with Crippen LogP contribution in [0.4, 0.5) is 5.95 Å². The van der Waals surface area contributed by atoms with Crippen molar-refractivity contribution in [2.75, 3.05) is 18.5 Å².